The van der Waals surface area contributed by atoms with E-state index in [0.29, 0.717) is 6.04 Å². The van der Waals surface area contributed by atoms with Gasteiger partial charge < -0.3 is 9.47 Å². The number of aryl methyl sites for hydroxylation is 2. The maximum absolute atomic E-state index is 13.7. The van der Waals surface area contributed by atoms with Crippen molar-refractivity contribution >= 4 is 16.8 Å². The van der Waals surface area contributed by atoms with Crippen LogP contribution in [0.3, 0.4) is 0 Å². The molecule has 5 rings (SSSR count). The summed E-state index contributed by atoms with van der Waals surface area (Å²) in [5.41, 5.74) is 5.58. The van der Waals surface area contributed by atoms with E-state index < -0.39 is 0 Å². The first kappa shape index (κ1) is 15.7. The van der Waals surface area contributed by atoms with Crippen molar-refractivity contribution in [2.24, 2.45) is 7.05 Å². The van der Waals surface area contributed by atoms with Crippen LogP contribution in [0, 0.1) is 6.92 Å². The highest BCUT2D eigenvalue weighted by molar-refractivity contribution is 6.08. The zero-order chi connectivity index (χ0) is 17.8. The molecule has 1 unspecified atom stereocenters. The largest absolute Gasteiger partial charge is 0.347 e. The molecule has 26 heavy (non-hydrogen) atoms. The number of benzene rings is 1. The van der Waals surface area contributed by atoms with Gasteiger partial charge in [-0.25, -0.2) is 0 Å². The molecule has 1 aromatic carbocycles. The van der Waals surface area contributed by atoms with E-state index in [1.54, 1.807) is 0 Å². The zero-order valence-corrected chi connectivity index (χ0v) is 15.3. The van der Waals surface area contributed by atoms with Crippen LogP contribution in [0.15, 0.2) is 30.5 Å². The van der Waals surface area contributed by atoms with Gasteiger partial charge in [-0.1, -0.05) is 18.2 Å². The van der Waals surface area contributed by atoms with Crippen LogP contribution < -0.4 is 0 Å². The number of aromatic nitrogens is 3. The summed E-state index contributed by atoms with van der Waals surface area (Å²) < 4.78 is 2.14. The summed E-state index contributed by atoms with van der Waals surface area (Å²) in [6, 6.07) is 8.92. The molecule has 3 aromatic rings. The molecule has 2 heterocycles. The third-order valence-electron chi connectivity index (χ3n) is 6.17. The Kier molecular flexibility index (Phi) is 3.45. The Morgan fingerprint density at radius 2 is 2.04 bits per heavy atom. The minimum Gasteiger partial charge on any atom is -0.347 e. The van der Waals surface area contributed by atoms with Crippen LogP contribution in [0.5, 0.6) is 0 Å². The number of hydrogen-bond donors (Lipinski definition) is 1. The van der Waals surface area contributed by atoms with Crippen molar-refractivity contribution in [2.45, 2.75) is 51.1 Å². The van der Waals surface area contributed by atoms with Crippen molar-refractivity contribution in [3.8, 4) is 0 Å². The van der Waals surface area contributed by atoms with E-state index in [1.807, 2.05) is 25.4 Å². The van der Waals surface area contributed by atoms with Gasteiger partial charge in [-0.15, -0.1) is 0 Å². The van der Waals surface area contributed by atoms with Crippen molar-refractivity contribution in [1.82, 2.24) is 19.7 Å². The fourth-order valence-corrected chi connectivity index (χ4v) is 4.54. The molecular formula is C21H24N4O. The Balaban J connectivity index is 1.55. The first-order valence-electron chi connectivity index (χ1n) is 9.53. The third kappa shape index (κ3) is 2.30. The molecule has 0 aliphatic heterocycles. The van der Waals surface area contributed by atoms with E-state index in [1.165, 1.54) is 11.3 Å². The topological polar surface area (TPSA) is 53.9 Å². The number of hydrogen-bond acceptors (Lipinski definition) is 2. The van der Waals surface area contributed by atoms with E-state index in [-0.39, 0.29) is 11.9 Å². The Morgan fingerprint density at radius 3 is 2.85 bits per heavy atom. The van der Waals surface area contributed by atoms with Crippen molar-refractivity contribution in [3.63, 3.8) is 0 Å². The minimum absolute atomic E-state index is 0.207. The predicted octanol–water partition coefficient (Wildman–Crippen LogP) is 3.37. The molecule has 1 N–H and O–H groups in total. The van der Waals surface area contributed by atoms with Crippen molar-refractivity contribution in [1.29, 1.82) is 0 Å². The highest BCUT2D eigenvalue weighted by Crippen LogP contribution is 2.36. The Morgan fingerprint density at radius 1 is 1.23 bits per heavy atom. The summed E-state index contributed by atoms with van der Waals surface area (Å²) in [6.07, 6.45) is 7.10. The smallest absolute Gasteiger partial charge is 0.256 e. The monoisotopic (exact) mass is 348 g/mol. The number of nitrogens with one attached hydrogen (secondary N) is 1. The summed E-state index contributed by atoms with van der Waals surface area (Å²) in [4.78, 5) is 15.9. The second-order valence-corrected chi connectivity index (χ2v) is 7.75. The quantitative estimate of drug-likeness (QED) is 0.789. The lowest BCUT2D eigenvalue weighted by Crippen LogP contribution is -2.45. The molecule has 2 aliphatic rings. The molecule has 0 saturated heterocycles. The fourth-order valence-electron chi connectivity index (χ4n) is 4.54. The number of H-pyrrole nitrogens is 1. The van der Waals surface area contributed by atoms with Crippen LogP contribution in [0.1, 0.15) is 46.6 Å². The number of carbonyl (C=O) groups excluding carboxylic acids is 1. The van der Waals surface area contributed by atoms with Gasteiger partial charge >= 0.3 is 0 Å². The number of carbonyl (C=O) groups is 1. The third-order valence-corrected chi connectivity index (χ3v) is 6.17. The fraction of sp³-hybridized carbons (Fsp3) is 0.429. The lowest BCUT2D eigenvalue weighted by Gasteiger charge is -2.34. The van der Waals surface area contributed by atoms with Gasteiger partial charge in [0.2, 0.25) is 0 Å². The van der Waals surface area contributed by atoms with Gasteiger partial charge in [0.15, 0.2) is 0 Å². The number of fused-ring (bicyclic) bond motifs is 2. The number of nitrogens with zero attached hydrogens (tertiary/aromatic N) is 3. The molecule has 0 spiro atoms. The SMILES string of the molecule is Cc1c(C(=O)N(C2CC2)C2CCc3[nH]ncc3C2)c2ccccc2n1C. The maximum Gasteiger partial charge on any atom is 0.256 e. The number of para-hydroxylation sites is 1. The number of amides is 1. The molecular weight excluding hydrogens is 324 g/mol. The van der Waals surface area contributed by atoms with Crippen LogP contribution in [0.25, 0.3) is 10.9 Å². The second-order valence-electron chi connectivity index (χ2n) is 7.75. The lowest BCUT2D eigenvalue weighted by atomic mass is 9.91. The van der Waals surface area contributed by atoms with Crippen LogP contribution in [-0.4, -0.2) is 37.7 Å². The van der Waals surface area contributed by atoms with E-state index >= 15 is 0 Å². The molecule has 2 aliphatic carbocycles. The van der Waals surface area contributed by atoms with Crippen molar-refractivity contribution in [2.75, 3.05) is 0 Å². The molecule has 0 radical (unpaired) electrons. The summed E-state index contributed by atoms with van der Waals surface area (Å²) in [5, 5.41) is 8.36. The Hall–Kier alpha value is -2.56. The van der Waals surface area contributed by atoms with E-state index in [2.05, 4.69) is 38.7 Å². The van der Waals surface area contributed by atoms with Gasteiger partial charge in [-0.05, 0) is 50.7 Å². The van der Waals surface area contributed by atoms with Crippen LogP contribution >= 0.6 is 0 Å². The highest BCUT2D eigenvalue weighted by atomic mass is 16.2. The molecule has 1 saturated carbocycles. The van der Waals surface area contributed by atoms with Crippen LogP contribution in [0.4, 0.5) is 0 Å². The summed E-state index contributed by atoms with van der Waals surface area (Å²) >= 11 is 0. The summed E-state index contributed by atoms with van der Waals surface area (Å²) in [6.45, 7) is 2.06. The first-order chi connectivity index (χ1) is 12.6. The van der Waals surface area contributed by atoms with Gasteiger partial charge in [0.1, 0.15) is 0 Å². The average Bonchev–Trinajstić information content (AvgIpc) is 3.30. The first-order valence-corrected chi connectivity index (χ1v) is 9.53. The minimum atomic E-state index is 0.207. The average molecular weight is 348 g/mol. The van der Waals surface area contributed by atoms with E-state index in [0.717, 1.165) is 54.3 Å². The summed E-state index contributed by atoms with van der Waals surface area (Å²) in [7, 11) is 2.05. The Bertz CT molecular complexity index is 995. The molecule has 134 valence electrons. The van der Waals surface area contributed by atoms with E-state index in [9.17, 15) is 4.79 Å². The zero-order valence-electron chi connectivity index (χ0n) is 15.3. The summed E-state index contributed by atoms with van der Waals surface area (Å²) in [5.74, 6) is 0.207. The van der Waals surface area contributed by atoms with Crippen LogP contribution in [-0.2, 0) is 19.9 Å². The van der Waals surface area contributed by atoms with Gasteiger partial charge in [-0.3, -0.25) is 9.89 Å². The predicted molar refractivity (Wildman–Crippen MR) is 101 cm³/mol. The number of rotatable bonds is 3. The van der Waals surface area contributed by atoms with Gasteiger partial charge in [0.25, 0.3) is 5.91 Å². The normalized spacial score (nSPS) is 19.5. The number of aromatic amines is 1. The maximum atomic E-state index is 13.7. The van der Waals surface area contributed by atoms with Gasteiger partial charge in [0.05, 0.1) is 11.8 Å². The molecule has 1 fully saturated rings. The highest BCUT2D eigenvalue weighted by Gasteiger charge is 2.40. The Labute approximate surface area is 153 Å². The van der Waals surface area contributed by atoms with Gasteiger partial charge in [0, 0.05) is 41.4 Å². The van der Waals surface area contributed by atoms with Crippen molar-refractivity contribution < 1.29 is 4.79 Å². The van der Waals surface area contributed by atoms with Crippen molar-refractivity contribution in [3.05, 3.63) is 53.0 Å². The molecule has 5 nitrogen and oxygen atoms in total. The molecule has 1 atom stereocenters. The van der Waals surface area contributed by atoms with Crippen LogP contribution in [0.2, 0.25) is 0 Å². The second kappa shape index (κ2) is 5.73. The molecule has 1 amide bonds. The molecule has 2 aromatic heterocycles. The van der Waals surface area contributed by atoms with E-state index in [4.69, 9.17) is 0 Å². The molecule has 5 heteroatoms. The lowest BCUT2D eigenvalue weighted by molar-refractivity contribution is 0.0644. The standard InChI is InChI=1S/C21H24N4O/c1-13-20(17-5-3-4-6-19(17)24(13)2)21(26)25(15-7-8-15)16-9-10-18-14(11-16)12-22-23-18/h3-6,12,15-16H,7-11H2,1-2H3,(H,22,23). The van der Waals surface area contributed by atoms with Gasteiger partial charge in [-0.2, -0.15) is 5.10 Å². The molecule has 0 bridgehead atoms.